The normalized spacial score (nSPS) is 12.2. The number of ether oxygens (including phenoxy) is 1. The van der Waals surface area contributed by atoms with E-state index in [1.54, 1.807) is 42.5 Å². The number of alkyl halides is 3. The second-order valence-corrected chi connectivity index (χ2v) is 7.89. The first-order chi connectivity index (χ1) is 16.1. The Hall–Kier alpha value is -3.36. The molecule has 5 nitrogen and oxygen atoms in total. The molecule has 0 heterocycles. The fraction of sp³-hybridized carbons (Fsp3) is 0.200. The van der Waals surface area contributed by atoms with Crippen LogP contribution >= 0.6 is 11.6 Å². The van der Waals surface area contributed by atoms with Gasteiger partial charge in [0, 0.05) is 22.6 Å². The highest BCUT2D eigenvalue weighted by molar-refractivity contribution is 6.30. The van der Waals surface area contributed by atoms with E-state index in [0.717, 1.165) is 12.1 Å². The van der Waals surface area contributed by atoms with Crippen molar-refractivity contribution in [3.8, 4) is 5.75 Å². The number of ketones is 1. The molecule has 9 heteroatoms. The Morgan fingerprint density at radius 2 is 1.68 bits per heavy atom. The smallest absolute Gasteiger partial charge is 0.416 e. The molecule has 3 aromatic carbocycles. The molecule has 0 aliphatic carbocycles. The lowest BCUT2D eigenvalue weighted by atomic mass is 10.0. The van der Waals surface area contributed by atoms with Gasteiger partial charge < -0.3 is 15.2 Å². The van der Waals surface area contributed by atoms with Crippen LogP contribution in [-0.2, 0) is 11.0 Å². The number of carboxylic acid groups (broad SMARTS) is 1. The third-order valence-electron chi connectivity index (χ3n) is 4.93. The number of aliphatic carboxylic acids is 1. The lowest BCUT2D eigenvalue weighted by Crippen LogP contribution is -2.25. The predicted molar refractivity (Wildman–Crippen MR) is 121 cm³/mol. The first-order valence-corrected chi connectivity index (χ1v) is 10.7. The van der Waals surface area contributed by atoms with Crippen molar-refractivity contribution in [3.05, 3.63) is 100 Å². The van der Waals surface area contributed by atoms with E-state index < -0.39 is 23.8 Å². The Balaban J connectivity index is 1.84. The second-order valence-electron chi connectivity index (χ2n) is 7.45. The molecule has 0 spiro atoms. The molecule has 1 unspecified atom stereocenters. The minimum atomic E-state index is -4.52. The van der Waals surface area contributed by atoms with Crippen molar-refractivity contribution in [1.82, 2.24) is 5.32 Å². The van der Waals surface area contributed by atoms with E-state index in [2.05, 4.69) is 5.32 Å². The highest BCUT2D eigenvalue weighted by Gasteiger charge is 2.31. The standard InChI is InChI=1S/C25H21ClF3NO4/c26-20-9-7-16(8-10-20)24(33)18-4-2-6-21(14-18)34-22(11-12-30-15-23(31)32)17-3-1-5-19(13-17)25(27,28)29/h1-10,13-14,22,30H,11-12,15H2,(H,31,32). The molecule has 0 saturated carbocycles. The van der Waals surface area contributed by atoms with Crippen molar-refractivity contribution in [3.63, 3.8) is 0 Å². The highest BCUT2D eigenvalue weighted by atomic mass is 35.5. The third kappa shape index (κ3) is 7.07. The lowest BCUT2D eigenvalue weighted by Gasteiger charge is -2.21. The largest absolute Gasteiger partial charge is 0.486 e. The summed E-state index contributed by atoms with van der Waals surface area (Å²) in [5.41, 5.74) is 0.227. The van der Waals surface area contributed by atoms with Crippen molar-refractivity contribution < 1.29 is 32.6 Å². The number of carboxylic acids is 1. The summed E-state index contributed by atoms with van der Waals surface area (Å²) in [6.07, 6.45) is -5.14. The number of benzene rings is 3. The van der Waals surface area contributed by atoms with Gasteiger partial charge in [-0.05, 0) is 60.6 Å². The van der Waals surface area contributed by atoms with E-state index in [0.29, 0.717) is 21.9 Å². The molecule has 0 saturated heterocycles. The summed E-state index contributed by atoms with van der Waals surface area (Å²) < 4.78 is 45.6. The molecule has 0 aromatic heterocycles. The zero-order valence-corrected chi connectivity index (χ0v) is 18.6. The molecule has 178 valence electrons. The summed E-state index contributed by atoms with van der Waals surface area (Å²) in [6, 6.07) is 17.5. The second kappa shape index (κ2) is 11.2. The molecule has 0 aliphatic heterocycles. The van der Waals surface area contributed by atoms with Crippen molar-refractivity contribution in [2.24, 2.45) is 0 Å². The Kier molecular flexibility index (Phi) is 8.31. The van der Waals surface area contributed by atoms with Crippen LogP contribution in [0, 0.1) is 0 Å². The molecular formula is C25H21ClF3NO4. The number of hydrogen-bond acceptors (Lipinski definition) is 4. The number of carbonyl (C=O) groups is 2. The number of hydrogen-bond donors (Lipinski definition) is 2. The van der Waals surface area contributed by atoms with Crippen LogP contribution < -0.4 is 10.1 Å². The number of nitrogens with one attached hydrogen (secondary N) is 1. The fourth-order valence-electron chi connectivity index (χ4n) is 3.28. The molecule has 3 aromatic rings. The maximum atomic E-state index is 13.2. The van der Waals surface area contributed by atoms with Crippen LogP contribution in [0.25, 0.3) is 0 Å². The summed E-state index contributed by atoms with van der Waals surface area (Å²) in [4.78, 5) is 23.5. The minimum absolute atomic E-state index is 0.191. The van der Waals surface area contributed by atoms with Crippen LogP contribution in [0.4, 0.5) is 13.2 Å². The minimum Gasteiger partial charge on any atom is -0.486 e. The number of rotatable bonds is 10. The molecule has 3 rings (SSSR count). The zero-order chi connectivity index (χ0) is 24.7. The van der Waals surface area contributed by atoms with Crippen molar-refractivity contribution in [2.75, 3.05) is 13.1 Å². The Morgan fingerprint density at radius 3 is 2.35 bits per heavy atom. The van der Waals surface area contributed by atoms with E-state index in [-0.39, 0.29) is 30.9 Å². The van der Waals surface area contributed by atoms with Gasteiger partial charge in [0.05, 0.1) is 12.1 Å². The summed E-state index contributed by atoms with van der Waals surface area (Å²) in [5.74, 6) is -1.02. The van der Waals surface area contributed by atoms with Crippen LogP contribution in [0.3, 0.4) is 0 Å². The maximum Gasteiger partial charge on any atom is 0.416 e. The van der Waals surface area contributed by atoms with Gasteiger partial charge in [-0.15, -0.1) is 0 Å². The highest BCUT2D eigenvalue weighted by Crippen LogP contribution is 2.33. The van der Waals surface area contributed by atoms with Gasteiger partial charge in [0.2, 0.25) is 0 Å². The fourth-order valence-corrected chi connectivity index (χ4v) is 3.41. The SMILES string of the molecule is O=C(O)CNCCC(Oc1cccc(C(=O)c2ccc(Cl)cc2)c1)c1cccc(C(F)(F)F)c1. The Labute approximate surface area is 199 Å². The average molecular weight is 492 g/mol. The monoisotopic (exact) mass is 491 g/mol. The van der Waals surface area contributed by atoms with Gasteiger partial charge in [0.25, 0.3) is 0 Å². The van der Waals surface area contributed by atoms with Gasteiger partial charge in [-0.25, -0.2) is 0 Å². The van der Waals surface area contributed by atoms with Crippen LogP contribution in [0.1, 0.15) is 39.6 Å². The summed E-state index contributed by atoms with van der Waals surface area (Å²) in [6.45, 7) is -0.100. The van der Waals surface area contributed by atoms with Crippen LogP contribution in [0.2, 0.25) is 5.02 Å². The first-order valence-electron chi connectivity index (χ1n) is 10.3. The summed E-state index contributed by atoms with van der Waals surface area (Å²) >= 11 is 5.87. The topological polar surface area (TPSA) is 75.6 Å². The predicted octanol–water partition coefficient (Wildman–Crippen LogP) is 5.77. The lowest BCUT2D eigenvalue weighted by molar-refractivity contribution is -0.138. The van der Waals surface area contributed by atoms with Gasteiger partial charge in [0.1, 0.15) is 11.9 Å². The van der Waals surface area contributed by atoms with Crippen molar-refractivity contribution in [1.29, 1.82) is 0 Å². The number of halogens is 4. The zero-order valence-electron chi connectivity index (χ0n) is 17.8. The van der Waals surface area contributed by atoms with Crippen LogP contribution in [0.5, 0.6) is 5.75 Å². The maximum absolute atomic E-state index is 13.2. The van der Waals surface area contributed by atoms with E-state index in [1.165, 1.54) is 18.2 Å². The molecule has 2 N–H and O–H groups in total. The van der Waals surface area contributed by atoms with Gasteiger partial charge >= 0.3 is 12.1 Å². The average Bonchev–Trinajstić information content (AvgIpc) is 2.80. The van der Waals surface area contributed by atoms with Crippen LogP contribution in [0.15, 0.2) is 72.8 Å². The first kappa shape index (κ1) is 25.3. The van der Waals surface area contributed by atoms with Crippen molar-refractivity contribution >= 4 is 23.4 Å². The number of carbonyl (C=O) groups excluding carboxylic acids is 1. The molecule has 0 bridgehead atoms. The van der Waals surface area contributed by atoms with Crippen LogP contribution in [-0.4, -0.2) is 29.9 Å². The quantitative estimate of drug-likeness (QED) is 0.278. The molecular weight excluding hydrogens is 471 g/mol. The molecule has 0 aliphatic rings. The van der Waals surface area contributed by atoms with E-state index in [1.807, 2.05) is 0 Å². The summed E-state index contributed by atoms with van der Waals surface area (Å²) in [5, 5.41) is 12.0. The van der Waals surface area contributed by atoms with E-state index in [9.17, 15) is 22.8 Å². The van der Waals surface area contributed by atoms with Gasteiger partial charge in [-0.3, -0.25) is 9.59 Å². The Bertz CT molecular complexity index is 1150. The van der Waals surface area contributed by atoms with E-state index in [4.69, 9.17) is 21.4 Å². The molecule has 0 radical (unpaired) electrons. The van der Waals surface area contributed by atoms with Crippen molar-refractivity contribution in [2.45, 2.75) is 18.7 Å². The third-order valence-corrected chi connectivity index (χ3v) is 5.18. The van der Waals surface area contributed by atoms with E-state index >= 15 is 0 Å². The van der Waals surface area contributed by atoms with Gasteiger partial charge in [-0.2, -0.15) is 13.2 Å². The Morgan fingerprint density at radius 1 is 0.971 bits per heavy atom. The molecule has 34 heavy (non-hydrogen) atoms. The molecule has 0 amide bonds. The van der Waals surface area contributed by atoms with Gasteiger partial charge in [0.15, 0.2) is 5.78 Å². The summed E-state index contributed by atoms with van der Waals surface area (Å²) in [7, 11) is 0. The van der Waals surface area contributed by atoms with Gasteiger partial charge in [-0.1, -0.05) is 35.9 Å². The molecule has 0 fully saturated rings. The molecule has 1 atom stereocenters.